The third kappa shape index (κ3) is 7.86. The van der Waals surface area contributed by atoms with Crippen LogP contribution in [0.2, 0.25) is 58.9 Å². The summed E-state index contributed by atoms with van der Waals surface area (Å²) in [6.45, 7) is 24.0. The molecule has 1 unspecified atom stereocenters. The first-order chi connectivity index (χ1) is 11.2. The van der Waals surface area contributed by atoms with Crippen LogP contribution in [0, 0.1) is 0 Å². The van der Waals surface area contributed by atoms with Crippen LogP contribution in [-0.2, 0) is 12.3 Å². The molecule has 0 amide bonds. The van der Waals surface area contributed by atoms with Gasteiger partial charge in [0.2, 0.25) is 0 Å². The summed E-state index contributed by atoms with van der Waals surface area (Å²) >= 11 is 0. The zero-order chi connectivity index (χ0) is 19.5. The Labute approximate surface area is 159 Å². The minimum Gasteiger partial charge on any atom is -0.416 e. The van der Waals surface area contributed by atoms with Crippen molar-refractivity contribution in [1.82, 2.24) is 0 Å². The number of hydrogen-bond donors (Lipinski definition) is 0. The molecule has 0 fully saturated rings. The van der Waals surface area contributed by atoms with Crippen molar-refractivity contribution in [2.45, 2.75) is 64.5 Å². The van der Waals surface area contributed by atoms with Crippen LogP contribution < -0.4 is 0 Å². The molecule has 0 aromatic heterocycles. The van der Waals surface area contributed by atoms with Gasteiger partial charge in [0.1, 0.15) is 0 Å². The molecule has 3 nitrogen and oxygen atoms in total. The highest BCUT2D eigenvalue weighted by atomic mass is 28.5. The molecule has 1 rings (SSSR count). The van der Waals surface area contributed by atoms with E-state index in [4.69, 9.17) is 12.3 Å². The van der Waals surface area contributed by atoms with E-state index in [1.165, 1.54) is 5.56 Å². The van der Waals surface area contributed by atoms with E-state index in [9.17, 15) is 0 Å². The Morgan fingerprint density at radius 2 is 1.08 bits per heavy atom. The lowest BCUT2D eigenvalue weighted by atomic mass is 10.1. The summed E-state index contributed by atoms with van der Waals surface area (Å²) in [6, 6.07) is 10.4. The number of allylic oxidation sites excluding steroid dienone is 1. The highest BCUT2D eigenvalue weighted by molar-refractivity contribution is 6.90. The Morgan fingerprint density at radius 1 is 0.720 bits per heavy atom. The topological polar surface area (TPSA) is 27.7 Å². The molecule has 0 bridgehead atoms. The fourth-order valence-electron chi connectivity index (χ4n) is 2.68. The van der Waals surface area contributed by atoms with Crippen LogP contribution in [0.5, 0.6) is 0 Å². The van der Waals surface area contributed by atoms with Crippen LogP contribution in [0.3, 0.4) is 0 Å². The average molecular weight is 413 g/mol. The quantitative estimate of drug-likeness (QED) is 0.368. The lowest BCUT2D eigenvalue weighted by Gasteiger charge is -2.46. The molecule has 25 heavy (non-hydrogen) atoms. The highest BCUT2D eigenvalue weighted by Gasteiger charge is 2.55. The Balaban J connectivity index is 3.56. The summed E-state index contributed by atoms with van der Waals surface area (Å²) in [5.74, 6) is 0. The fourth-order valence-corrected chi connectivity index (χ4v) is 17.0. The van der Waals surface area contributed by atoms with E-state index in [0.717, 1.165) is 0 Å². The van der Waals surface area contributed by atoms with Crippen molar-refractivity contribution >= 4 is 33.8 Å². The van der Waals surface area contributed by atoms with Crippen LogP contribution in [-0.4, -0.2) is 33.8 Å². The Kier molecular flexibility index (Phi) is 7.42. The number of benzene rings is 1. The summed E-state index contributed by atoms with van der Waals surface area (Å²) in [7, 11) is -8.69. The molecule has 0 aliphatic carbocycles. The molecule has 0 saturated heterocycles. The molecule has 1 atom stereocenters. The molecule has 1 aromatic carbocycles. The van der Waals surface area contributed by atoms with Crippen LogP contribution in [0.15, 0.2) is 43.0 Å². The van der Waals surface area contributed by atoms with Crippen LogP contribution in [0.25, 0.3) is 0 Å². The molecule has 0 aliphatic heterocycles. The van der Waals surface area contributed by atoms with E-state index in [1.807, 2.05) is 12.1 Å². The zero-order valence-corrected chi connectivity index (χ0v) is 21.5. The zero-order valence-electron chi connectivity index (χ0n) is 17.5. The molecule has 0 radical (unpaired) electrons. The van der Waals surface area contributed by atoms with Gasteiger partial charge in [0.25, 0.3) is 0 Å². The molecule has 0 aliphatic rings. The van der Waals surface area contributed by atoms with Crippen LogP contribution in [0.1, 0.15) is 11.1 Å². The van der Waals surface area contributed by atoms with Crippen molar-refractivity contribution in [1.29, 1.82) is 0 Å². The second-order valence-electron chi connectivity index (χ2n) is 9.37. The Bertz CT molecular complexity index is 516. The van der Waals surface area contributed by atoms with Crippen LogP contribution >= 0.6 is 0 Å². The van der Waals surface area contributed by atoms with Crippen molar-refractivity contribution in [2.75, 3.05) is 0 Å². The predicted molar refractivity (Wildman–Crippen MR) is 118 cm³/mol. The van der Waals surface area contributed by atoms with Crippen molar-refractivity contribution < 1.29 is 12.3 Å². The SMILES string of the molecule is C=CC(c1ccccc1)[Si](O[Si](C)(C)C)(O[Si](C)(C)C)O[Si](C)(C)C. The van der Waals surface area contributed by atoms with Crippen molar-refractivity contribution in [3.8, 4) is 0 Å². The fraction of sp³-hybridized carbons (Fsp3) is 0.556. The van der Waals surface area contributed by atoms with Gasteiger partial charge in [0, 0.05) is 0 Å². The largest absolute Gasteiger partial charge is 0.481 e. The second-order valence-corrected chi connectivity index (χ2v) is 26.3. The lowest BCUT2D eigenvalue weighted by Crippen LogP contribution is -2.63. The van der Waals surface area contributed by atoms with Crippen molar-refractivity contribution in [2.24, 2.45) is 0 Å². The van der Waals surface area contributed by atoms with E-state index in [2.05, 4.69) is 89.8 Å². The van der Waals surface area contributed by atoms with Gasteiger partial charge in [-0.15, -0.1) is 6.58 Å². The molecule has 0 spiro atoms. The maximum Gasteiger partial charge on any atom is 0.481 e. The van der Waals surface area contributed by atoms with E-state index in [-0.39, 0.29) is 5.54 Å². The highest BCUT2D eigenvalue weighted by Crippen LogP contribution is 2.37. The Hall–Kier alpha value is -0.292. The molecule has 7 heteroatoms. The van der Waals surface area contributed by atoms with Crippen LogP contribution in [0.4, 0.5) is 0 Å². The third-order valence-corrected chi connectivity index (χ3v) is 15.2. The molecule has 1 aromatic rings. The van der Waals surface area contributed by atoms with Crippen molar-refractivity contribution in [3.63, 3.8) is 0 Å². The molecular weight excluding hydrogens is 377 g/mol. The van der Waals surface area contributed by atoms with Gasteiger partial charge in [-0.1, -0.05) is 36.4 Å². The summed E-state index contributed by atoms with van der Waals surface area (Å²) in [5, 5.41) is 0. The van der Waals surface area contributed by atoms with Gasteiger partial charge >= 0.3 is 8.80 Å². The first kappa shape index (κ1) is 22.7. The smallest absolute Gasteiger partial charge is 0.416 e. The molecule has 0 N–H and O–H groups in total. The maximum absolute atomic E-state index is 6.82. The third-order valence-electron chi connectivity index (χ3n) is 3.12. The van der Waals surface area contributed by atoms with Gasteiger partial charge in [0.05, 0.1) is 5.54 Å². The van der Waals surface area contributed by atoms with Gasteiger partial charge in [0.15, 0.2) is 25.0 Å². The molecule has 0 saturated carbocycles. The summed E-state index contributed by atoms with van der Waals surface area (Å²) in [5.41, 5.74) is 1.12. The van der Waals surface area contributed by atoms with E-state index >= 15 is 0 Å². The Morgan fingerprint density at radius 3 is 1.36 bits per heavy atom. The lowest BCUT2D eigenvalue weighted by molar-refractivity contribution is 0.244. The first-order valence-electron chi connectivity index (χ1n) is 8.95. The standard InChI is InChI=1S/C18H36O3Si4/c1-11-18(17-15-13-12-14-16-17)25(19-22(2,3)4,20-23(5,6)7)21-24(8,9)10/h11-16,18H,1H2,2-10H3. The predicted octanol–water partition coefficient (Wildman–Crippen LogP) is 5.99. The van der Waals surface area contributed by atoms with E-state index < -0.39 is 33.8 Å². The number of hydrogen-bond acceptors (Lipinski definition) is 3. The second kappa shape index (κ2) is 8.16. The molecule has 142 valence electrons. The summed E-state index contributed by atoms with van der Waals surface area (Å²) in [6.07, 6.45) is 1.97. The normalized spacial score (nSPS) is 15.1. The van der Waals surface area contributed by atoms with Gasteiger partial charge in [-0.05, 0) is 64.5 Å². The molecular formula is C18H36O3Si4. The minimum absolute atomic E-state index is 0.0427. The van der Waals surface area contributed by atoms with Crippen molar-refractivity contribution in [3.05, 3.63) is 48.6 Å². The molecule has 0 heterocycles. The van der Waals surface area contributed by atoms with Gasteiger partial charge in [-0.2, -0.15) is 0 Å². The van der Waals surface area contributed by atoms with Gasteiger partial charge < -0.3 is 12.3 Å². The summed E-state index contributed by atoms with van der Waals surface area (Å²) < 4.78 is 20.4. The van der Waals surface area contributed by atoms with Gasteiger partial charge in [-0.25, -0.2) is 0 Å². The van der Waals surface area contributed by atoms with E-state index in [1.54, 1.807) is 0 Å². The first-order valence-corrected chi connectivity index (χ1v) is 21.0. The monoisotopic (exact) mass is 412 g/mol. The average Bonchev–Trinajstić information content (AvgIpc) is 2.33. The van der Waals surface area contributed by atoms with Gasteiger partial charge in [-0.3, -0.25) is 0 Å². The maximum atomic E-state index is 6.82. The minimum atomic E-state index is -3.00. The summed E-state index contributed by atoms with van der Waals surface area (Å²) in [4.78, 5) is 0. The van der Waals surface area contributed by atoms with E-state index in [0.29, 0.717) is 0 Å². The number of rotatable bonds is 9.